The topological polar surface area (TPSA) is 0 Å². The van der Waals surface area contributed by atoms with Crippen LogP contribution in [0, 0.1) is 0 Å². The zero-order valence-corrected chi connectivity index (χ0v) is 9.56. The second-order valence-electron chi connectivity index (χ2n) is 2.85. The minimum atomic E-state index is 0.564. The SMILES string of the molecule is CCPCC(P)(CC)CC. The summed E-state index contributed by atoms with van der Waals surface area (Å²) in [6.45, 7) is 6.85. The molecule has 2 unspecified atom stereocenters. The lowest BCUT2D eigenvalue weighted by atomic mass is 10.1. The van der Waals surface area contributed by atoms with E-state index in [0.717, 1.165) is 8.58 Å². The maximum atomic E-state index is 3.03. The van der Waals surface area contributed by atoms with E-state index in [1.165, 1.54) is 25.2 Å². The highest BCUT2D eigenvalue weighted by Gasteiger charge is 2.18. The fourth-order valence-corrected chi connectivity index (χ4v) is 2.55. The quantitative estimate of drug-likeness (QED) is 0.567. The summed E-state index contributed by atoms with van der Waals surface area (Å²) in [5.74, 6) is 0. The van der Waals surface area contributed by atoms with Gasteiger partial charge in [-0.15, -0.1) is 17.8 Å². The Labute approximate surface area is 69.5 Å². The van der Waals surface area contributed by atoms with Crippen LogP contribution in [0.1, 0.15) is 33.6 Å². The lowest BCUT2D eigenvalue weighted by Crippen LogP contribution is -2.20. The van der Waals surface area contributed by atoms with E-state index < -0.39 is 0 Å². The first-order valence-corrected chi connectivity index (χ1v) is 6.17. The summed E-state index contributed by atoms with van der Waals surface area (Å²) in [6.07, 6.45) is 5.37. The second kappa shape index (κ2) is 5.50. The minimum absolute atomic E-state index is 0.564. The molecule has 0 aromatic rings. The molecule has 0 saturated heterocycles. The largest absolute Gasteiger partial charge is 0.131 e. The molecule has 10 heavy (non-hydrogen) atoms. The van der Waals surface area contributed by atoms with Gasteiger partial charge >= 0.3 is 0 Å². The molecule has 0 aliphatic heterocycles. The smallest absolute Gasteiger partial charge is 0.0119 e. The van der Waals surface area contributed by atoms with Gasteiger partial charge in [-0.2, -0.15) is 0 Å². The van der Waals surface area contributed by atoms with E-state index in [1.807, 2.05) is 0 Å². The highest BCUT2D eigenvalue weighted by atomic mass is 31.1. The predicted octanol–water partition coefficient (Wildman–Crippen LogP) is 3.12. The summed E-state index contributed by atoms with van der Waals surface area (Å²) >= 11 is 0. The van der Waals surface area contributed by atoms with Crippen molar-refractivity contribution < 1.29 is 0 Å². The van der Waals surface area contributed by atoms with Gasteiger partial charge in [-0.1, -0.05) is 20.8 Å². The fourth-order valence-electron chi connectivity index (χ4n) is 0.874. The molecule has 0 fully saturated rings. The van der Waals surface area contributed by atoms with Crippen molar-refractivity contribution in [3.8, 4) is 0 Å². The van der Waals surface area contributed by atoms with Gasteiger partial charge in [-0.05, 0) is 30.3 Å². The lowest BCUT2D eigenvalue weighted by molar-refractivity contribution is 0.607. The molecule has 0 nitrogen and oxygen atoms in total. The van der Waals surface area contributed by atoms with Gasteiger partial charge in [0, 0.05) is 0 Å². The van der Waals surface area contributed by atoms with Gasteiger partial charge in [0.25, 0.3) is 0 Å². The average Bonchev–Trinajstić information content (AvgIpc) is 2.00. The molecule has 0 aromatic carbocycles. The molecular formula is C8H20P2. The van der Waals surface area contributed by atoms with Crippen molar-refractivity contribution >= 4 is 17.8 Å². The molecule has 0 aliphatic carbocycles. The van der Waals surface area contributed by atoms with E-state index in [4.69, 9.17) is 0 Å². The molecule has 0 bridgehead atoms. The summed E-state index contributed by atoms with van der Waals surface area (Å²) in [5.41, 5.74) is 0. The molecule has 0 radical (unpaired) electrons. The van der Waals surface area contributed by atoms with E-state index in [1.54, 1.807) is 0 Å². The summed E-state index contributed by atoms with van der Waals surface area (Å²) in [7, 11) is 4.18. The Kier molecular flexibility index (Phi) is 5.98. The molecule has 2 atom stereocenters. The molecular weight excluding hydrogens is 158 g/mol. The van der Waals surface area contributed by atoms with Gasteiger partial charge in [0.2, 0.25) is 0 Å². The Balaban J connectivity index is 3.58. The second-order valence-corrected chi connectivity index (χ2v) is 5.64. The van der Waals surface area contributed by atoms with Crippen LogP contribution in [-0.4, -0.2) is 17.5 Å². The van der Waals surface area contributed by atoms with Crippen molar-refractivity contribution in [3.63, 3.8) is 0 Å². The van der Waals surface area contributed by atoms with Crippen molar-refractivity contribution in [3.05, 3.63) is 0 Å². The predicted molar refractivity (Wildman–Crippen MR) is 56.7 cm³/mol. The molecule has 0 amide bonds. The zero-order valence-electron chi connectivity index (χ0n) is 7.41. The van der Waals surface area contributed by atoms with Crippen molar-refractivity contribution in [2.24, 2.45) is 0 Å². The molecule has 0 saturated carbocycles. The summed E-state index contributed by atoms with van der Waals surface area (Å²) in [4.78, 5) is 0. The molecule has 0 spiro atoms. The van der Waals surface area contributed by atoms with E-state index in [0.29, 0.717) is 5.16 Å². The van der Waals surface area contributed by atoms with Crippen LogP contribution < -0.4 is 0 Å². The molecule has 0 aliphatic rings. The number of hydrogen-bond donors (Lipinski definition) is 0. The first kappa shape index (κ1) is 10.9. The highest BCUT2D eigenvalue weighted by Crippen LogP contribution is 2.32. The maximum Gasteiger partial charge on any atom is -0.0119 e. The molecule has 0 rings (SSSR count). The van der Waals surface area contributed by atoms with Gasteiger partial charge in [0.05, 0.1) is 0 Å². The van der Waals surface area contributed by atoms with Crippen molar-refractivity contribution in [1.29, 1.82) is 0 Å². The van der Waals surface area contributed by atoms with Crippen LogP contribution in [0.25, 0.3) is 0 Å². The Morgan fingerprint density at radius 1 is 1.20 bits per heavy atom. The Morgan fingerprint density at radius 3 is 2.00 bits per heavy atom. The Bertz CT molecular complexity index is 77.3. The maximum absolute atomic E-state index is 3.03. The summed E-state index contributed by atoms with van der Waals surface area (Å²) in [5, 5.41) is 0.564. The fraction of sp³-hybridized carbons (Fsp3) is 1.00. The van der Waals surface area contributed by atoms with Crippen LogP contribution >= 0.6 is 17.8 Å². The summed E-state index contributed by atoms with van der Waals surface area (Å²) < 4.78 is 0. The molecule has 0 N–H and O–H groups in total. The van der Waals surface area contributed by atoms with Gasteiger partial charge in [0.15, 0.2) is 0 Å². The van der Waals surface area contributed by atoms with E-state index in [2.05, 4.69) is 30.0 Å². The first-order valence-electron chi connectivity index (χ1n) is 4.18. The average molecular weight is 178 g/mol. The normalized spacial score (nSPS) is 13.2. The van der Waals surface area contributed by atoms with Crippen LogP contribution in [0.2, 0.25) is 0 Å². The van der Waals surface area contributed by atoms with Crippen LogP contribution in [0.4, 0.5) is 0 Å². The van der Waals surface area contributed by atoms with Gasteiger partial charge in [-0.25, -0.2) is 0 Å². The van der Waals surface area contributed by atoms with E-state index >= 15 is 0 Å². The number of rotatable bonds is 5. The van der Waals surface area contributed by atoms with Crippen LogP contribution in [0.5, 0.6) is 0 Å². The monoisotopic (exact) mass is 178 g/mol. The Hall–Kier alpha value is 0.860. The van der Waals surface area contributed by atoms with Crippen LogP contribution in [-0.2, 0) is 0 Å². The standard InChI is InChI=1S/C8H20P2/c1-4-8(9,5-2)7-10-6-3/h10H,4-7,9H2,1-3H3. The minimum Gasteiger partial charge on any atom is -0.131 e. The third-order valence-electron chi connectivity index (χ3n) is 2.14. The lowest BCUT2D eigenvalue weighted by Gasteiger charge is -2.25. The molecule has 0 heterocycles. The summed E-state index contributed by atoms with van der Waals surface area (Å²) in [6, 6.07) is 0. The van der Waals surface area contributed by atoms with Gasteiger partial charge in [-0.3, -0.25) is 0 Å². The zero-order chi connectivity index (χ0) is 8.04. The van der Waals surface area contributed by atoms with Crippen LogP contribution in [0.3, 0.4) is 0 Å². The van der Waals surface area contributed by atoms with Crippen molar-refractivity contribution in [2.75, 3.05) is 12.3 Å². The first-order chi connectivity index (χ1) is 4.68. The van der Waals surface area contributed by atoms with Gasteiger partial charge in [0.1, 0.15) is 0 Å². The third-order valence-corrected chi connectivity index (χ3v) is 5.02. The van der Waals surface area contributed by atoms with E-state index in [9.17, 15) is 0 Å². The molecule has 62 valence electrons. The molecule has 2 heteroatoms. The van der Waals surface area contributed by atoms with Crippen molar-refractivity contribution in [2.45, 2.75) is 38.8 Å². The third kappa shape index (κ3) is 3.89. The van der Waals surface area contributed by atoms with Crippen LogP contribution in [0.15, 0.2) is 0 Å². The van der Waals surface area contributed by atoms with Gasteiger partial charge < -0.3 is 0 Å². The molecule has 0 aromatic heterocycles. The Morgan fingerprint density at radius 2 is 1.70 bits per heavy atom. The van der Waals surface area contributed by atoms with E-state index in [-0.39, 0.29) is 0 Å². The number of hydrogen-bond acceptors (Lipinski definition) is 0. The highest BCUT2D eigenvalue weighted by molar-refractivity contribution is 7.39. The van der Waals surface area contributed by atoms with Crippen molar-refractivity contribution in [1.82, 2.24) is 0 Å².